The molecule has 1 aromatic heterocycles. The molecule has 0 radical (unpaired) electrons. The average molecular weight is 254 g/mol. The first kappa shape index (κ1) is 10.8. The number of nitrogens with zero attached hydrogens (tertiary/aromatic N) is 2. The highest BCUT2D eigenvalue weighted by molar-refractivity contribution is 6.34. The van der Waals surface area contributed by atoms with Gasteiger partial charge in [0.1, 0.15) is 11.3 Å². The summed E-state index contributed by atoms with van der Waals surface area (Å²) in [6.07, 6.45) is 0. The van der Waals surface area contributed by atoms with E-state index in [2.05, 4.69) is 16.0 Å². The highest BCUT2D eigenvalue weighted by Gasteiger charge is 2.07. The van der Waals surface area contributed by atoms with Crippen LogP contribution in [0.4, 0.5) is 0 Å². The van der Waals surface area contributed by atoms with Gasteiger partial charge in [0.2, 0.25) is 0 Å². The van der Waals surface area contributed by atoms with E-state index in [-0.39, 0.29) is 0 Å². The number of rotatable bonds is 1. The van der Waals surface area contributed by atoms with Gasteiger partial charge < -0.3 is 4.98 Å². The molecule has 4 heteroatoms. The van der Waals surface area contributed by atoms with Gasteiger partial charge >= 0.3 is 0 Å². The van der Waals surface area contributed by atoms with Crippen molar-refractivity contribution in [2.75, 3.05) is 0 Å². The Morgan fingerprint density at radius 2 is 2.00 bits per heavy atom. The second kappa shape index (κ2) is 4.17. The number of para-hydroxylation sites is 1. The first-order valence-corrected chi connectivity index (χ1v) is 5.80. The number of aromatic amines is 1. The molecule has 0 bridgehead atoms. The predicted molar refractivity (Wildman–Crippen MR) is 71.3 cm³/mol. The number of halogens is 1. The lowest BCUT2D eigenvalue weighted by Gasteiger charge is -1.96. The van der Waals surface area contributed by atoms with Crippen molar-refractivity contribution in [3.63, 3.8) is 0 Å². The fourth-order valence-electron chi connectivity index (χ4n) is 1.87. The first-order valence-electron chi connectivity index (χ1n) is 5.43. The highest BCUT2D eigenvalue weighted by Crippen LogP contribution is 2.25. The van der Waals surface area contributed by atoms with Gasteiger partial charge in [-0.25, -0.2) is 4.98 Å². The summed E-state index contributed by atoms with van der Waals surface area (Å²) in [5.74, 6) is 0.718. The largest absolute Gasteiger partial charge is 0.338 e. The van der Waals surface area contributed by atoms with Gasteiger partial charge in [-0.15, -0.1) is 0 Å². The minimum absolute atomic E-state index is 0.610. The van der Waals surface area contributed by atoms with E-state index in [1.165, 1.54) is 0 Å². The molecule has 86 valence electrons. The van der Waals surface area contributed by atoms with E-state index in [1.54, 1.807) is 18.2 Å². The van der Waals surface area contributed by atoms with Crippen LogP contribution in [0, 0.1) is 11.3 Å². The van der Waals surface area contributed by atoms with Gasteiger partial charge in [0.05, 0.1) is 22.2 Å². The second-order valence-electron chi connectivity index (χ2n) is 3.91. The minimum atomic E-state index is 0.610. The van der Waals surface area contributed by atoms with E-state index < -0.39 is 0 Å². The van der Waals surface area contributed by atoms with E-state index in [9.17, 15) is 0 Å². The topological polar surface area (TPSA) is 52.5 Å². The SMILES string of the molecule is N#Cc1cccc(-c2nc3c(Cl)cccc3[nH]2)c1. The molecule has 3 nitrogen and oxygen atoms in total. The number of aromatic nitrogens is 2. The highest BCUT2D eigenvalue weighted by atomic mass is 35.5. The Balaban J connectivity index is 2.20. The maximum Gasteiger partial charge on any atom is 0.138 e. The van der Waals surface area contributed by atoms with Crippen molar-refractivity contribution < 1.29 is 0 Å². The molecule has 0 fully saturated rings. The van der Waals surface area contributed by atoms with Crippen molar-refractivity contribution in [3.05, 3.63) is 53.1 Å². The lowest BCUT2D eigenvalue weighted by atomic mass is 10.1. The summed E-state index contributed by atoms with van der Waals surface area (Å²) in [5.41, 5.74) is 3.12. The van der Waals surface area contributed by atoms with Gasteiger partial charge in [0.25, 0.3) is 0 Å². The van der Waals surface area contributed by atoms with Gasteiger partial charge in [-0.1, -0.05) is 29.8 Å². The van der Waals surface area contributed by atoms with Crippen LogP contribution >= 0.6 is 11.6 Å². The zero-order valence-corrected chi connectivity index (χ0v) is 10.1. The number of fused-ring (bicyclic) bond motifs is 1. The van der Waals surface area contributed by atoms with Crippen LogP contribution in [0.15, 0.2) is 42.5 Å². The van der Waals surface area contributed by atoms with E-state index in [1.807, 2.05) is 24.3 Å². The van der Waals surface area contributed by atoms with E-state index in [4.69, 9.17) is 16.9 Å². The Hall–Kier alpha value is -2.31. The number of nitriles is 1. The molecular weight excluding hydrogens is 246 g/mol. The Kier molecular flexibility index (Phi) is 2.51. The number of imidazole rings is 1. The summed E-state index contributed by atoms with van der Waals surface area (Å²) in [5, 5.41) is 9.51. The zero-order chi connectivity index (χ0) is 12.5. The first-order chi connectivity index (χ1) is 8.78. The standard InChI is InChI=1S/C14H8ClN3/c15-11-5-2-6-12-13(11)18-14(17-12)10-4-1-3-9(7-10)8-16/h1-7H,(H,17,18). The Labute approximate surface area is 109 Å². The molecule has 3 aromatic rings. The third-order valence-corrected chi connectivity index (χ3v) is 3.03. The van der Waals surface area contributed by atoms with Crippen molar-refractivity contribution in [2.45, 2.75) is 0 Å². The quantitative estimate of drug-likeness (QED) is 0.718. The van der Waals surface area contributed by atoms with Crippen LogP contribution in [-0.2, 0) is 0 Å². The Morgan fingerprint density at radius 3 is 2.78 bits per heavy atom. The lowest BCUT2D eigenvalue weighted by Crippen LogP contribution is -1.81. The summed E-state index contributed by atoms with van der Waals surface area (Å²) in [6, 6.07) is 15.0. The molecule has 0 spiro atoms. The molecule has 0 atom stereocenters. The van der Waals surface area contributed by atoms with Crippen LogP contribution < -0.4 is 0 Å². The van der Waals surface area contributed by atoms with E-state index >= 15 is 0 Å². The molecule has 0 amide bonds. The fraction of sp³-hybridized carbons (Fsp3) is 0. The maximum atomic E-state index is 8.89. The molecule has 1 N–H and O–H groups in total. The Bertz CT molecular complexity index is 768. The lowest BCUT2D eigenvalue weighted by molar-refractivity contribution is 1.33. The fourth-order valence-corrected chi connectivity index (χ4v) is 2.09. The summed E-state index contributed by atoms with van der Waals surface area (Å²) < 4.78 is 0. The molecule has 3 rings (SSSR count). The number of nitrogens with one attached hydrogen (secondary N) is 1. The molecule has 0 unspecified atom stereocenters. The molecular formula is C14H8ClN3. The second-order valence-corrected chi connectivity index (χ2v) is 4.32. The van der Waals surface area contributed by atoms with E-state index in [0.717, 1.165) is 22.4 Å². The third kappa shape index (κ3) is 1.73. The monoisotopic (exact) mass is 253 g/mol. The molecule has 1 heterocycles. The summed E-state index contributed by atoms with van der Waals surface area (Å²) >= 11 is 6.08. The van der Waals surface area contributed by atoms with Crippen molar-refractivity contribution >= 4 is 22.6 Å². The molecule has 0 aliphatic rings. The number of H-pyrrole nitrogens is 1. The van der Waals surface area contributed by atoms with Crippen molar-refractivity contribution in [1.29, 1.82) is 5.26 Å². The minimum Gasteiger partial charge on any atom is -0.338 e. The summed E-state index contributed by atoms with van der Waals surface area (Å²) in [7, 11) is 0. The van der Waals surface area contributed by atoms with Crippen molar-refractivity contribution in [2.24, 2.45) is 0 Å². The normalized spacial score (nSPS) is 10.4. The van der Waals surface area contributed by atoms with Crippen LogP contribution in [0.3, 0.4) is 0 Å². The number of hydrogen-bond acceptors (Lipinski definition) is 2. The van der Waals surface area contributed by atoms with E-state index in [0.29, 0.717) is 10.6 Å². The van der Waals surface area contributed by atoms with Gasteiger partial charge in [-0.3, -0.25) is 0 Å². The average Bonchev–Trinajstić information content (AvgIpc) is 2.84. The van der Waals surface area contributed by atoms with Crippen LogP contribution in [0.25, 0.3) is 22.4 Å². The van der Waals surface area contributed by atoms with Gasteiger partial charge in [-0.2, -0.15) is 5.26 Å². The summed E-state index contributed by atoms with van der Waals surface area (Å²) in [6.45, 7) is 0. The molecule has 0 saturated carbocycles. The molecule has 2 aromatic carbocycles. The van der Waals surface area contributed by atoms with Crippen molar-refractivity contribution in [3.8, 4) is 17.5 Å². The van der Waals surface area contributed by atoms with Gasteiger partial charge in [0, 0.05) is 5.56 Å². The van der Waals surface area contributed by atoms with Gasteiger partial charge in [-0.05, 0) is 24.3 Å². The molecule has 0 aliphatic heterocycles. The number of benzene rings is 2. The number of hydrogen-bond donors (Lipinski definition) is 1. The summed E-state index contributed by atoms with van der Waals surface area (Å²) in [4.78, 5) is 7.66. The van der Waals surface area contributed by atoms with Gasteiger partial charge in [0.15, 0.2) is 0 Å². The molecule has 0 saturated heterocycles. The Morgan fingerprint density at radius 1 is 1.17 bits per heavy atom. The van der Waals surface area contributed by atoms with Crippen LogP contribution in [0.1, 0.15) is 5.56 Å². The van der Waals surface area contributed by atoms with Crippen LogP contribution in [0.5, 0.6) is 0 Å². The van der Waals surface area contributed by atoms with Crippen LogP contribution in [-0.4, -0.2) is 9.97 Å². The molecule has 18 heavy (non-hydrogen) atoms. The predicted octanol–water partition coefficient (Wildman–Crippen LogP) is 3.75. The van der Waals surface area contributed by atoms with Crippen LogP contribution in [0.2, 0.25) is 5.02 Å². The smallest absolute Gasteiger partial charge is 0.138 e. The third-order valence-electron chi connectivity index (χ3n) is 2.73. The van der Waals surface area contributed by atoms with Crippen molar-refractivity contribution in [1.82, 2.24) is 9.97 Å². The molecule has 0 aliphatic carbocycles. The zero-order valence-electron chi connectivity index (χ0n) is 9.31. The maximum absolute atomic E-state index is 8.89.